The molecule has 2 rings (SSSR count). The SMILES string of the molecule is CC(CCCN)c1nc(CC2CCOC2)no1. The molecular formula is C12H21N3O2. The van der Waals surface area contributed by atoms with Gasteiger partial charge in [0.15, 0.2) is 5.82 Å². The summed E-state index contributed by atoms with van der Waals surface area (Å²) >= 11 is 0. The average molecular weight is 239 g/mol. The first-order chi connectivity index (χ1) is 8.29. The number of ether oxygens (including phenoxy) is 1. The van der Waals surface area contributed by atoms with Crippen LogP contribution in [0.1, 0.15) is 43.8 Å². The minimum atomic E-state index is 0.305. The van der Waals surface area contributed by atoms with Gasteiger partial charge < -0.3 is 15.0 Å². The minimum Gasteiger partial charge on any atom is -0.381 e. The van der Waals surface area contributed by atoms with Gasteiger partial charge in [0.05, 0.1) is 0 Å². The number of hydrogen-bond acceptors (Lipinski definition) is 5. The van der Waals surface area contributed by atoms with Gasteiger partial charge in [0.25, 0.3) is 0 Å². The highest BCUT2D eigenvalue weighted by molar-refractivity contribution is 4.94. The van der Waals surface area contributed by atoms with E-state index >= 15 is 0 Å². The van der Waals surface area contributed by atoms with Crippen LogP contribution in [0.2, 0.25) is 0 Å². The van der Waals surface area contributed by atoms with E-state index in [1.165, 1.54) is 0 Å². The fourth-order valence-corrected chi connectivity index (χ4v) is 2.10. The molecule has 1 aromatic heterocycles. The Morgan fingerprint density at radius 3 is 3.12 bits per heavy atom. The van der Waals surface area contributed by atoms with Crippen molar-refractivity contribution in [1.29, 1.82) is 0 Å². The van der Waals surface area contributed by atoms with Crippen molar-refractivity contribution < 1.29 is 9.26 Å². The highest BCUT2D eigenvalue weighted by atomic mass is 16.5. The summed E-state index contributed by atoms with van der Waals surface area (Å²) in [5.74, 6) is 2.42. The lowest BCUT2D eigenvalue weighted by Crippen LogP contribution is -2.05. The van der Waals surface area contributed by atoms with E-state index < -0.39 is 0 Å². The van der Waals surface area contributed by atoms with Crippen molar-refractivity contribution >= 4 is 0 Å². The van der Waals surface area contributed by atoms with Crippen LogP contribution in [0.3, 0.4) is 0 Å². The molecule has 0 amide bonds. The van der Waals surface area contributed by atoms with Crippen LogP contribution in [-0.4, -0.2) is 29.9 Å². The van der Waals surface area contributed by atoms with Gasteiger partial charge in [-0.25, -0.2) is 0 Å². The molecule has 0 radical (unpaired) electrons. The zero-order valence-corrected chi connectivity index (χ0v) is 10.4. The smallest absolute Gasteiger partial charge is 0.229 e. The Kier molecular flexibility index (Phi) is 4.50. The van der Waals surface area contributed by atoms with E-state index in [9.17, 15) is 0 Å². The van der Waals surface area contributed by atoms with Gasteiger partial charge in [-0.2, -0.15) is 4.98 Å². The number of hydrogen-bond donors (Lipinski definition) is 1. The van der Waals surface area contributed by atoms with E-state index in [4.69, 9.17) is 15.0 Å². The fraction of sp³-hybridized carbons (Fsp3) is 0.833. The molecule has 1 fully saturated rings. The molecule has 5 nitrogen and oxygen atoms in total. The van der Waals surface area contributed by atoms with Crippen LogP contribution in [0, 0.1) is 5.92 Å². The first kappa shape index (κ1) is 12.5. The molecule has 0 aliphatic carbocycles. The van der Waals surface area contributed by atoms with E-state index in [1.807, 2.05) is 0 Å². The van der Waals surface area contributed by atoms with Crippen molar-refractivity contribution in [2.75, 3.05) is 19.8 Å². The molecule has 0 spiro atoms. The summed E-state index contributed by atoms with van der Waals surface area (Å²) in [5.41, 5.74) is 5.49. The number of aromatic nitrogens is 2. The highest BCUT2D eigenvalue weighted by Crippen LogP contribution is 2.21. The quantitative estimate of drug-likeness (QED) is 0.814. The Bertz CT molecular complexity index is 334. The summed E-state index contributed by atoms with van der Waals surface area (Å²) in [6, 6.07) is 0. The second kappa shape index (κ2) is 6.12. The third kappa shape index (κ3) is 3.51. The Balaban J connectivity index is 1.86. The largest absolute Gasteiger partial charge is 0.381 e. The predicted molar refractivity (Wildman–Crippen MR) is 63.6 cm³/mol. The molecule has 1 aliphatic heterocycles. The van der Waals surface area contributed by atoms with Gasteiger partial charge >= 0.3 is 0 Å². The summed E-state index contributed by atoms with van der Waals surface area (Å²) in [6.07, 6.45) is 3.97. The Labute approximate surface area is 102 Å². The van der Waals surface area contributed by atoms with Crippen LogP contribution in [0.5, 0.6) is 0 Å². The van der Waals surface area contributed by atoms with Gasteiger partial charge in [0.1, 0.15) is 0 Å². The van der Waals surface area contributed by atoms with Gasteiger partial charge in [0, 0.05) is 25.6 Å². The van der Waals surface area contributed by atoms with Crippen LogP contribution in [0.25, 0.3) is 0 Å². The monoisotopic (exact) mass is 239 g/mol. The lowest BCUT2D eigenvalue weighted by Gasteiger charge is -2.04. The van der Waals surface area contributed by atoms with Crippen LogP contribution < -0.4 is 5.73 Å². The summed E-state index contributed by atoms with van der Waals surface area (Å²) in [4.78, 5) is 4.45. The van der Waals surface area contributed by atoms with E-state index in [0.29, 0.717) is 18.4 Å². The minimum absolute atomic E-state index is 0.305. The van der Waals surface area contributed by atoms with Gasteiger partial charge in [-0.3, -0.25) is 0 Å². The van der Waals surface area contributed by atoms with E-state index in [1.54, 1.807) is 0 Å². The van der Waals surface area contributed by atoms with Crippen LogP contribution in [0.4, 0.5) is 0 Å². The Morgan fingerprint density at radius 1 is 1.53 bits per heavy atom. The third-order valence-electron chi connectivity index (χ3n) is 3.24. The van der Waals surface area contributed by atoms with Gasteiger partial charge in [-0.05, 0) is 31.7 Å². The Morgan fingerprint density at radius 2 is 2.41 bits per heavy atom. The maximum absolute atomic E-state index is 5.49. The van der Waals surface area contributed by atoms with Crippen LogP contribution in [-0.2, 0) is 11.2 Å². The molecule has 0 saturated carbocycles. The van der Waals surface area contributed by atoms with Crippen molar-refractivity contribution in [3.63, 3.8) is 0 Å². The molecule has 2 heterocycles. The maximum Gasteiger partial charge on any atom is 0.229 e. The first-order valence-corrected chi connectivity index (χ1v) is 6.40. The summed E-state index contributed by atoms with van der Waals surface area (Å²) in [5, 5.41) is 4.04. The molecule has 1 aromatic rings. The van der Waals surface area contributed by atoms with Gasteiger partial charge in [-0.15, -0.1) is 0 Å². The number of nitrogens with zero attached hydrogens (tertiary/aromatic N) is 2. The lowest BCUT2D eigenvalue weighted by molar-refractivity contribution is 0.185. The third-order valence-corrected chi connectivity index (χ3v) is 3.24. The summed E-state index contributed by atoms with van der Waals surface area (Å²) in [6.45, 7) is 4.51. The lowest BCUT2D eigenvalue weighted by atomic mass is 10.0. The van der Waals surface area contributed by atoms with Crippen molar-refractivity contribution in [2.45, 2.75) is 38.5 Å². The highest BCUT2D eigenvalue weighted by Gasteiger charge is 2.20. The molecule has 0 bridgehead atoms. The number of rotatable bonds is 6. The van der Waals surface area contributed by atoms with Crippen molar-refractivity contribution in [1.82, 2.24) is 10.1 Å². The molecule has 17 heavy (non-hydrogen) atoms. The van der Waals surface area contributed by atoms with Crippen LogP contribution >= 0.6 is 0 Å². The first-order valence-electron chi connectivity index (χ1n) is 6.40. The van der Waals surface area contributed by atoms with Gasteiger partial charge in [0.2, 0.25) is 5.89 Å². The summed E-state index contributed by atoms with van der Waals surface area (Å²) < 4.78 is 10.6. The van der Waals surface area contributed by atoms with E-state index in [2.05, 4.69) is 17.1 Å². The predicted octanol–water partition coefficient (Wildman–Crippen LogP) is 1.49. The molecule has 2 unspecified atom stereocenters. The van der Waals surface area contributed by atoms with Gasteiger partial charge in [-0.1, -0.05) is 12.1 Å². The summed E-state index contributed by atoms with van der Waals surface area (Å²) in [7, 11) is 0. The molecule has 1 saturated heterocycles. The van der Waals surface area contributed by atoms with E-state index in [0.717, 1.165) is 50.6 Å². The van der Waals surface area contributed by atoms with Crippen LogP contribution in [0.15, 0.2) is 4.52 Å². The molecular weight excluding hydrogens is 218 g/mol. The molecule has 96 valence electrons. The Hall–Kier alpha value is -0.940. The maximum atomic E-state index is 5.49. The molecule has 2 N–H and O–H groups in total. The standard InChI is InChI=1S/C12H21N3O2/c1-9(3-2-5-13)12-14-11(15-17-12)7-10-4-6-16-8-10/h9-10H,2-8,13H2,1H3. The molecule has 2 atom stereocenters. The number of nitrogens with two attached hydrogens (primary N) is 1. The zero-order chi connectivity index (χ0) is 12.1. The molecule has 0 aromatic carbocycles. The van der Waals surface area contributed by atoms with Crippen molar-refractivity contribution in [3.8, 4) is 0 Å². The zero-order valence-electron chi connectivity index (χ0n) is 10.4. The second-order valence-corrected chi connectivity index (χ2v) is 4.81. The normalized spacial score (nSPS) is 21.9. The van der Waals surface area contributed by atoms with Crippen molar-refractivity contribution in [3.05, 3.63) is 11.7 Å². The van der Waals surface area contributed by atoms with E-state index in [-0.39, 0.29) is 0 Å². The second-order valence-electron chi connectivity index (χ2n) is 4.81. The fourth-order valence-electron chi connectivity index (χ4n) is 2.10. The molecule has 5 heteroatoms. The average Bonchev–Trinajstić information content (AvgIpc) is 2.98. The van der Waals surface area contributed by atoms with Crippen molar-refractivity contribution in [2.24, 2.45) is 11.7 Å². The topological polar surface area (TPSA) is 74.2 Å². The molecule has 1 aliphatic rings.